The summed E-state index contributed by atoms with van der Waals surface area (Å²) < 4.78 is 32.8. The van der Waals surface area contributed by atoms with Gasteiger partial charge in [-0.2, -0.15) is 0 Å². The summed E-state index contributed by atoms with van der Waals surface area (Å²) in [6, 6.07) is 9.13. The van der Waals surface area contributed by atoms with E-state index < -0.39 is 41.6 Å². The van der Waals surface area contributed by atoms with Gasteiger partial charge in [-0.05, 0) is 49.2 Å². The second kappa shape index (κ2) is 8.48. The minimum Gasteiger partial charge on any atom is -0.497 e. The topological polar surface area (TPSA) is 87.7 Å². The molecular weight excluding hydrogens is 396 g/mol. The van der Waals surface area contributed by atoms with E-state index in [4.69, 9.17) is 4.74 Å². The molecule has 0 unspecified atom stereocenters. The maximum atomic E-state index is 14.2. The number of imide groups is 1. The maximum absolute atomic E-state index is 14.2. The van der Waals surface area contributed by atoms with E-state index in [0.717, 1.165) is 29.5 Å². The Bertz CT molecular complexity index is 981. The lowest BCUT2D eigenvalue weighted by Gasteiger charge is -2.22. The number of halogens is 2. The largest absolute Gasteiger partial charge is 0.497 e. The Balaban J connectivity index is 1.60. The van der Waals surface area contributed by atoms with Crippen molar-refractivity contribution in [2.24, 2.45) is 0 Å². The zero-order valence-electron chi connectivity index (χ0n) is 16.5. The fourth-order valence-electron chi connectivity index (χ4n) is 3.24. The van der Waals surface area contributed by atoms with Gasteiger partial charge in [0.05, 0.1) is 7.11 Å². The third kappa shape index (κ3) is 4.24. The molecule has 2 aromatic rings. The number of nitrogens with zero attached hydrogens (tertiary/aromatic N) is 1. The fourth-order valence-corrected chi connectivity index (χ4v) is 3.24. The van der Waals surface area contributed by atoms with Crippen LogP contribution in [0.2, 0.25) is 0 Å². The van der Waals surface area contributed by atoms with Crippen molar-refractivity contribution in [3.8, 4) is 5.75 Å². The number of methoxy groups -OCH3 is 1. The summed E-state index contributed by atoms with van der Waals surface area (Å²) in [5.74, 6) is -2.24. The van der Waals surface area contributed by atoms with Crippen LogP contribution in [0.4, 0.5) is 13.6 Å². The van der Waals surface area contributed by atoms with Gasteiger partial charge < -0.3 is 15.4 Å². The lowest BCUT2D eigenvalue weighted by atomic mass is 9.91. The number of rotatable bonds is 7. The average Bonchev–Trinajstić information content (AvgIpc) is 2.94. The van der Waals surface area contributed by atoms with Crippen LogP contribution in [-0.4, -0.2) is 42.9 Å². The number of urea groups is 1. The molecule has 2 N–H and O–H groups in total. The molecule has 0 spiro atoms. The van der Waals surface area contributed by atoms with Gasteiger partial charge in [-0.25, -0.2) is 13.6 Å². The van der Waals surface area contributed by atoms with Crippen LogP contribution in [0.15, 0.2) is 42.5 Å². The van der Waals surface area contributed by atoms with E-state index >= 15 is 0 Å². The third-order valence-electron chi connectivity index (χ3n) is 4.94. The molecule has 1 aliphatic rings. The van der Waals surface area contributed by atoms with E-state index in [9.17, 15) is 23.2 Å². The Hall–Kier alpha value is -3.49. The van der Waals surface area contributed by atoms with Crippen LogP contribution in [0.5, 0.6) is 5.75 Å². The van der Waals surface area contributed by atoms with Crippen LogP contribution >= 0.6 is 0 Å². The zero-order valence-corrected chi connectivity index (χ0v) is 16.5. The second-order valence-electron chi connectivity index (χ2n) is 7.02. The van der Waals surface area contributed by atoms with Gasteiger partial charge in [0.25, 0.3) is 5.91 Å². The predicted octanol–water partition coefficient (Wildman–Crippen LogP) is 2.10. The predicted molar refractivity (Wildman–Crippen MR) is 104 cm³/mol. The lowest BCUT2D eigenvalue weighted by molar-refractivity contribution is -0.134. The first-order valence-corrected chi connectivity index (χ1v) is 9.24. The molecule has 1 atom stereocenters. The molecule has 2 aromatic carbocycles. The number of hydrogen-bond donors (Lipinski definition) is 2. The van der Waals surface area contributed by atoms with Gasteiger partial charge in [0.1, 0.15) is 29.5 Å². The summed E-state index contributed by atoms with van der Waals surface area (Å²) in [5.41, 5.74) is -1.13. The highest BCUT2D eigenvalue weighted by Crippen LogP contribution is 2.31. The highest BCUT2D eigenvalue weighted by molar-refractivity contribution is 6.09. The Morgan fingerprint density at radius 3 is 2.53 bits per heavy atom. The SMILES string of the molecule is COc1ccc(CCNC(=O)CN2C(=O)N[C@](C)(c3cc(F)ccc3F)C2=O)cc1. The molecule has 0 bridgehead atoms. The molecule has 1 aliphatic heterocycles. The normalized spacial score (nSPS) is 18.3. The zero-order chi connectivity index (χ0) is 21.9. The van der Waals surface area contributed by atoms with Crippen molar-refractivity contribution in [1.29, 1.82) is 0 Å². The van der Waals surface area contributed by atoms with Crippen molar-refractivity contribution in [1.82, 2.24) is 15.5 Å². The minimum atomic E-state index is -1.80. The number of benzene rings is 2. The van der Waals surface area contributed by atoms with Gasteiger partial charge in [0, 0.05) is 12.1 Å². The summed E-state index contributed by atoms with van der Waals surface area (Å²) >= 11 is 0. The van der Waals surface area contributed by atoms with Crippen LogP contribution in [-0.2, 0) is 21.5 Å². The highest BCUT2D eigenvalue weighted by Gasteiger charge is 2.50. The number of carbonyl (C=O) groups excluding carboxylic acids is 3. The summed E-state index contributed by atoms with van der Waals surface area (Å²) in [6.07, 6.45) is 0.544. The van der Waals surface area contributed by atoms with Crippen molar-refractivity contribution in [2.75, 3.05) is 20.2 Å². The van der Waals surface area contributed by atoms with Crippen LogP contribution in [0.1, 0.15) is 18.1 Å². The summed E-state index contributed by atoms with van der Waals surface area (Å²) in [6.45, 7) is 1.04. The molecule has 9 heteroatoms. The highest BCUT2D eigenvalue weighted by atomic mass is 19.1. The first-order valence-electron chi connectivity index (χ1n) is 9.24. The lowest BCUT2D eigenvalue weighted by Crippen LogP contribution is -2.44. The molecule has 1 saturated heterocycles. The molecular formula is C21H21F2N3O4. The van der Waals surface area contributed by atoms with E-state index in [1.54, 1.807) is 19.2 Å². The van der Waals surface area contributed by atoms with Crippen molar-refractivity contribution >= 4 is 17.8 Å². The number of nitrogens with one attached hydrogen (secondary N) is 2. The number of amides is 4. The fraction of sp³-hybridized carbons (Fsp3) is 0.286. The standard InChI is InChI=1S/C21H21F2N3O4/c1-21(16-11-14(22)5-8-17(16)23)19(28)26(20(29)25-21)12-18(27)24-10-9-13-3-6-15(30-2)7-4-13/h3-8,11H,9-10,12H2,1-2H3,(H,24,27)(H,25,29)/t21-/m1/s1. The number of carbonyl (C=O) groups is 3. The Kier molecular flexibility index (Phi) is 6.00. The molecule has 0 aromatic heterocycles. The van der Waals surface area contributed by atoms with Crippen molar-refractivity contribution in [3.63, 3.8) is 0 Å². The van der Waals surface area contributed by atoms with Crippen LogP contribution < -0.4 is 15.4 Å². The van der Waals surface area contributed by atoms with Gasteiger partial charge >= 0.3 is 6.03 Å². The first kappa shape index (κ1) is 21.2. The van der Waals surface area contributed by atoms with Crippen LogP contribution in [0.3, 0.4) is 0 Å². The summed E-state index contributed by atoms with van der Waals surface area (Å²) in [4.78, 5) is 37.9. The summed E-state index contributed by atoms with van der Waals surface area (Å²) in [5, 5.41) is 4.99. The van der Waals surface area contributed by atoms with Gasteiger partial charge in [-0.3, -0.25) is 14.5 Å². The van der Waals surface area contributed by atoms with Gasteiger partial charge in [-0.1, -0.05) is 12.1 Å². The van der Waals surface area contributed by atoms with Crippen molar-refractivity contribution in [3.05, 3.63) is 65.2 Å². The maximum Gasteiger partial charge on any atom is 0.325 e. The number of ether oxygens (including phenoxy) is 1. The quantitative estimate of drug-likeness (QED) is 0.676. The Morgan fingerprint density at radius 1 is 1.17 bits per heavy atom. The van der Waals surface area contributed by atoms with E-state index in [0.29, 0.717) is 17.9 Å². The first-order chi connectivity index (χ1) is 14.2. The molecule has 1 heterocycles. The van der Waals surface area contributed by atoms with Crippen LogP contribution in [0, 0.1) is 11.6 Å². The van der Waals surface area contributed by atoms with Gasteiger partial charge in [-0.15, -0.1) is 0 Å². The molecule has 3 rings (SSSR count). The second-order valence-corrected chi connectivity index (χ2v) is 7.02. The molecule has 4 amide bonds. The van der Waals surface area contributed by atoms with E-state index in [2.05, 4.69) is 10.6 Å². The molecule has 1 fully saturated rings. The molecule has 158 valence electrons. The van der Waals surface area contributed by atoms with Crippen LogP contribution in [0.25, 0.3) is 0 Å². The summed E-state index contributed by atoms with van der Waals surface area (Å²) in [7, 11) is 1.57. The van der Waals surface area contributed by atoms with Crippen molar-refractivity contribution in [2.45, 2.75) is 18.9 Å². The van der Waals surface area contributed by atoms with Gasteiger partial charge in [0.15, 0.2) is 0 Å². The minimum absolute atomic E-state index is 0.296. The monoisotopic (exact) mass is 417 g/mol. The van der Waals surface area contributed by atoms with Crippen molar-refractivity contribution < 1.29 is 27.9 Å². The molecule has 7 nitrogen and oxygen atoms in total. The molecule has 30 heavy (non-hydrogen) atoms. The van der Waals surface area contributed by atoms with E-state index in [1.165, 1.54) is 6.92 Å². The molecule has 0 saturated carbocycles. The number of hydrogen-bond acceptors (Lipinski definition) is 4. The Morgan fingerprint density at radius 2 is 1.87 bits per heavy atom. The smallest absolute Gasteiger partial charge is 0.325 e. The van der Waals surface area contributed by atoms with E-state index in [1.807, 2.05) is 12.1 Å². The molecule has 0 radical (unpaired) electrons. The van der Waals surface area contributed by atoms with Gasteiger partial charge in [0.2, 0.25) is 5.91 Å². The third-order valence-corrected chi connectivity index (χ3v) is 4.94. The Labute approximate surface area is 172 Å². The molecule has 0 aliphatic carbocycles. The average molecular weight is 417 g/mol. The van der Waals surface area contributed by atoms with E-state index in [-0.39, 0.29) is 5.56 Å².